The number of amides is 1. The highest BCUT2D eigenvalue weighted by atomic mass is 19.4. The van der Waals surface area contributed by atoms with Crippen LogP contribution in [0.5, 0.6) is 0 Å². The van der Waals surface area contributed by atoms with Crippen LogP contribution in [0.15, 0.2) is 36.7 Å². The van der Waals surface area contributed by atoms with Crippen molar-refractivity contribution in [2.75, 3.05) is 5.73 Å². The Morgan fingerprint density at radius 3 is 2.70 bits per heavy atom. The number of pyridine rings is 3. The van der Waals surface area contributed by atoms with Crippen LogP contribution < -0.4 is 5.73 Å². The van der Waals surface area contributed by atoms with E-state index in [9.17, 15) is 23.2 Å². The molecule has 170 valence electrons. The molecule has 0 saturated heterocycles. The van der Waals surface area contributed by atoms with Crippen molar-refractivity contribution in [2.45, 2.75) is 44.9 Å². The molecule has 33 heavy (non-hydrogen) atoms. The van der Waals surface area contributed by atoms with Gasteiger partial charge in [-0.05, 0) is 56.0 Å². The van der Waals surface area contributed by atoms with Gasteiger partial charge in [0.05, 0.1) is 35.4 Å². The lowest BCUT2D eigenvalue weighted by molar-refractivity contribution is -0.137. The summed E-state index contributed by atoms with van der Waals surface area (Å²) >= 11 is 0. The molecule has 2 atom stereocenters. The van der Waals surface area contributed by atoms with E-state index in [1.807, 2.05) is 0 Å². The predicted molar refractivity (Wildman–Crippen MR) is 115 cm³/mol. The highest BCUT2D eigenvalue weighted by molar-refractivity contribution is 5.97. The first kappa shape index (κ1) is 22.5. The van der Waals surface area contributed by atoms with Gasteiger partial charge in [-0.2, -0.15) is 18.4 Å². The van der Waals surface area contributed by atoms with Crippen LogP contribution in [0, 0.1) is 24.2 Å². The summed E-state index contributed by atoms with van der Waals surface area (Å²) in [5.74, 6) is -0.375. The number of alkyl halides is 3. The number of rotatable bonds is 4. The molecule has 3 aromatic rings. The van der Waals surface area contributed by atoms with Crippen molar-refractivity contribution in [3.63, 3.8) is 0 Å². The highest BCUT2D eigenvalue weighted by Crippen LogP contribution is 2.32. The van der Waals surface area contributed by atoms with E-state index in [1.165, 1.54) is 17.2 Å². The van der Waals surface area contributed by atoms with E-state index < -0.39 is 11.7 Å². The van der Waals surface area contributed by atoms with E-state index in [-0.39, 0.29) is 24.4 Å². The number of anilines is 1. The lowest BCUT2D eigenvalue weighted by Gasteiger charge is -2.31. The molecule has 0 aromatic carbocycles. The summed E-state index contributed by atoms with van der Waals surface area (Å²) in [6.07, 6.45) is -0.274. The summed E-state index contributed by atoms with van der Waals surface area (Å²) in [4.78, 5) is 27.5. The van der Waals surface area contributed by atoms with Crippen molar-refractivity contribution in [3.8, 4) is 6.07 Å². The van der Waals surface area contributed by atoms with Gasteiger partial charge in [0.1, 0.15) is 5.82 Å². The molecule has 0 aliphatic heterocycles. The SMILES string of the molecule is Cc1cc2cc(C(=O)N(Cc3ccc(C(F)(F)F)cn3)[C@H]3CCC[C@@H]3C#N)cnc2nc1N. The molecule has 1 saturated carbocycles. The second-order valence-corrected chi connectivity index (χ2v) is 8.16. The number of nitrogens with zero attached hydrogens (tertiary/aromatic N) is 5. The van der Waals surface area contributed by atoms with Crippen LogP contribution in [0.2, 0.25) is 0 Å². The van der Waals surface area contributed by atoms with Gasteiger partial charge in [0, 0.05) is 23.8 Å². The van der Waals surface area contributed by atoms with Gasteiger partial charge in [-0.15, -0.1) is 0 Å². The quantitative estimate of drug-likeness (QED) is 0.631. The summed E-state index contributed by atoms with van der Waals surface area (Å²) in [5, 5.41) is 10.2. The minimum atomic E-state index is -4.50. The summed E-state index contributed by atoms with van der Waals surface area (Å²) in [6.45, 7) is 1.78. The Balaban J connectivity index is 1.69. The number of nitrogens with two attached hydrogens (primary N) is 1. The third kappa shape index (κ3) is 4.58. The smallest absolute Gasteiger partial charge is 0.383 e. The van der Waals surface area contributed by atoms with E-state index in [4.69, 9.17) is 5.73 Å². The van der Waals surface area contributed by atoms with Crippen molar-refractivity contribution in [1.29, 1.82) is 5.26 Å². The van der Waals surface area contributed by atoms with Crippen molar-refractivity contribution in [1.82, 2.24) is 19.9 Å². The Morgan fingerprint density at radius 1 is 1.24 bits per heavy atom. The van der Waals surface area contributed by atoms with Gasteiger partial charge < -0.3 is 10.6 Å². The number of nitriles is 1. The van der Waals surface area contributed by atoms with Crippen LogP contribution in [-0.4, -0.2) is 31.8 Å². The molecular weight excluding hydrogens is 433 g/mol. The third-order valence-electron chi connectivity index (χ3n) is 5.94. The standard InChI is InChI=1S/C23H21F3N6O/c1-13-7-15-8-16(10-30-21(15)31-20(13)28)22(33)32(19-4-2-3-14(19)9-27)12-18-6-5-17(11-29-18)23(24,25)26/h5-8,10-11,14,19H,2-4,12H2,1H3,(H2,28,30,31)/t14-,19+/m1/s1. The first-order valence-electron chi connectivity index (χ1n) is 10.4. The molecule has 3 heterocycles. The predicted octanol–water partition coefficient (Wildman–Crippen LogP) is 4.27. The molecule has 1 aliphatic carbocycles. The first-order chi connectivity index (χ1) is 15.7. The maximum Gasteiger partial charge on any atom is 0.417 e. The lowest BCUT2D eigenvalue weighted by Crippen LogP contribution is -2.42. The molecule has 1 aliphatic rings. The number of hydrogen-bond acceptors (Lipinski definition) is 6. The zero-order valence-corrected chi connectivity index (χ0v) is 17.8. The summed E-state index contributed by atoms with van der Waals surface area (Å²) < 4.78 is 38.7. The maximum absolute atomic E-state index is 13.5. The van der Waals surface area contributed by atoms with Crippen LogP contribution >= 0.6 is 0 Å². The first-order valence-corrected chi connectivity index (χ1v) is 10.4. The Hall–Kier alpha value is -3.74. The number of aromatic nitrogens is 3. The van der Waals surface area contributed by atoms with Crippen LogP contribution in [-0.2, 0) is 12.7 Å². The van der Waals surface area contributed by atoms with Crippen molar-refractivity contribution in [2.24, 2.45) is 5.92 Å². The molecule has 7 nitrogen and oxygen atoms in total. The van der Waals surface area contributed by atoms with Crippen LogP contribution in [0.4, 0.5) is 19.0 Å². The monoisotopic (exact) mass is 454 g/mol. The van der Waals surface area contributed by atoms with Crippen molar-refractivity contribution >= 4 is 22.8 Å². The number of hydrogen-bond donors (Lipinski definition) is 1. The van der Waals surface area contributed by atoms with E-state index >= 15 is 0 Å². The van der Waals surface area contributed by atoms with Gasteiger partial charge in [-0.3, -0.25) is 9.78 Å². The fourth-order valence-corrected chi connectivity index (χ4v) is 4.13. The van der Waals surface area contributed by atoms with Gasteiger partial charge >= 0.3 is 6.18 Å². The zero-order valence-electron chi connectivity index (χ0n) is 17.8. The minimum Gasteiger partial charge on any atom is -0.383 e. The molecule has 0 spiro atoms. The van der Waals surface area contributed by atoms with Crippen LogP contribution in [0.1, 0.15) is 46.4 Å². The molecule has 3 aromatic heterocycles. The fraction of sp³-hybridized carbons (Fsp3) is 0.348. The minimum absolute atomic E-state index is 0.0170. The largest absolute Gasteiger partial charge is 0.417 e. The lowest BCUT2D eigenvalue weighted by atomic mass is 10.0. The molecule has 1 amide bonds. The summed E-state index contributed by atoms with van der Waals surface area (Å²) in [7, 11) is 0. The molecule has 1 fully saturated rings. The molecule has 0 radical (unpaired) electrons. The number of carbonyl (C=O) groups is 1. The summed E-state index contributed by atoms with van der Waals surface area (Å²) in [5.41, 5.74) is 6.73. The van der Waals surface area contributed by atoms with Gasteiger partial charge in [-0.25, -0.2) is 9.97 Å². The van der Waals surface area contributed by atoms with Crippen molar-refractivity contribution < 1.29 is 18.0 Å². The van der Waals surface area contributed by atoms with E-state index in [1.54, 1.807) is 19.1 Å². The molecule has 0 unspecified atom stereocenters. The fourth-order valence-electron chi connectivity index (χ4n) is 4.13. The number of nitrogen functional groups attached to an aromatic ring is 1. The second kappa shape index (κ2) is 8.65. The molecule has 4 rings (SSSR count). The second-order valence-electron chi connectivity index (χ2n) is 8.16. The Labute approximate surface area is 188 Å². The number of carbonyl (C=O) groups excluding carboxylic acids is 1. The molecular formula is C23H21F3N6O. The average molecular weight is 454 g/mol. The van der Waals surface area contributed by atoms with Gasteiger partial charge in [-0.1, -0.05) is 0 Å². The Kier molecular flexibility index (Phi) is 5.89. The Morgan fingerprint density at radius 2 is 2.03 bits per heavy atom. The zero-order chi connectivity index (χ0) is 23.8. The van der Waals surface area contributed by atoms with Crippen LogP contribution in [0.3, 0.4) is 0 Å². The number of aryl methyl sites for hydroxylation is 1. The van der Waals surface area contributed by atoms with Crippen molar-refractivity contribution in [3.05, 3.63) is 59.0 Å². The number of fused-ring (bicyclic) bond motifs is 1. The highest BCUT2D eigenvalue weighted by Gasteiger charge is 2.36. The number of halogens is 3. The molecule has 0 bridgehead atoms. The third-order valence-corrected chi connectivity index (χ3v) is 5.94. The molecule has 2 N–H and O–H groups in total. The van der Waals surface area contributed by atoms with E-state index in [2.05, 4.69) is 21.0 Å². The van der Waals surface area contributed by atoms with E-state index in [0.717, 1.165) is 24.2 Å². The van der Waals surface area contributed by atoms with Gasteiger partial charge in [0.25, 0.3) is 5.91 Å². The van der Waals surface area contributed by atoms with E-state index in [0.29, 0.717) is 41.0 Å². The Bertz CT molecular complexity index is 1240. The summed E-state index contributed by atoms with van der Waals surface area (Å²) in [6, 6.07) is 7.54. The maximum atomic E-state index is 13.5. The van der Waals surface area contributed by atoms with Crippen LogP contribution in [0.25, 0.3) is 11.0 Å². The van der Waals surface area contributed by atoms with Gasteiger partial charge in [0.2, 0.25) is 0 Å². The average Bonchev–Trinajstić information content (AvgIpc) is 3.26. The van der Waals surface area contributed by atoms with Gasteiger partial charge in [0.15, 0.2) is 5.65 Å². The topological polar surface area (TPSA) is 109 Å². The normalized spacial score (nSPS) is 18.3. The molecule has 10 heteroatoms.